The third-order valence-electron chi connectivity index (χ3n) is 3.73. The average Bonchev–Trinajstić information content (AvgIpc) is 3.12. The van der Waals surface area contributed by atoms with Crippen molar-refractivity contribution >= 4 is 0 Å². The number of rotatable bonds is 5. The molecule has 0 heterocycles. The van der Waals surface area contributed by atoms with Gasteiger partial charge in [-0.3, -0.25) is 0 Å². The molecule has 1 aromatic carbocycles. The van der Waals surface area contributed by atoms with E-state index in [0.29, 0.717) is 5.92 Å². The van der Waals surface area contributed by atoms with Crippen molar-refractivity contribution in [3.8, 4) is 0 Å². The van der Waals surface area contributed by atoms with Crippen LogP contribution in [0.5, 0.6) is 0 Å². The molecule has 1 atom stereocenters. The van der Waals surface area contributed by atoms with E-state index >= 15 is 0 Å². The molecule has 1 aromatic rings. The number of hydrogen-bond acceptors (Lipinski definition) is 0. The van der Waals surface area contributed by atoms with Gasteiger partial charge in [0.05, 0.1) is 5.56 Å². The van der Waals surface area contributed by atoms with Crippen LogP contribution < -0.4 is 0 Å². The molecule has 100 valence electrons. The molecule has 1 aliphatic rings. The topological polar surface area (TPSA) is 0 Å². The van der Waals surface area contributed by atoms with E-state index in [9.17, 15) is 13.2 Å². The molecule has 0 aromatic heterocycles. The second-order valence-electron chi connectivity index (χ2n) is 5.28. The molecule has 0 nitrogen and oxygen atoms in total. The molecule has 0 spiro atoms. The third-order valence-corrected chi connectivity index (χ3v) is 3.73. The third kappa shape index (κ3) is 3.50. The fourth-order valence-electron chi connectivity index (χ4n) is 2.58. The van der Waals surface area contributed by atoms with Crippen molar-refractivity contribution in [2.75, 3.05) is 0 Å². The van der Waals surface area contributed by atoms with Gasteiger partial charge in [-0.05, 0) is 48.8 Å². The van der Waals surface area contributed by atoms with E-state index in [-0.39, 0.29) is 0 Å². The fourth-order valence-corrected chi connectivity index (χ4v) is 2.58. The van der Waals surface area contributed by atoms with Gasteiger partial charge in [0.1, 0.15) is 0 Å². The van der Waals surface area contributed by atoms with Gasteiger partial charge in [0.2, 0.25) is 0 Å². The summed E-state index contributed by atoms with van der Waals surface area (Å²) in [6.07, 6.45) is 1.64. The lowest BCUT2D eigenvalue weighted by Gasteiger charge is -2.15. The lowest BCUT2D eigenvalue weighted by molar-refractivity contribution is -0.137. The highest BCUT2D eigenvalue weighted by molar-refractivity contribution is 5.25. The maximum absolute atomic E-state index is 12.4. The van der Waals surface area contributed by atoms with Crippen molar-refractivity contribution in [3.63, 3.8) is 0 Å². The van der Waals surface area contributed by atoms with Crippen LogP contribution in [-0.4, -0.2) is 0 Å². The van der Waals surface area contributed by atoms with E-state index in [2.05, 4.69) is 6.92 Å². The van der Waals surface area contributed by atoms with Crippen molar-refractivity contribution in [2.45, 2.75) is 45.2 Å². The van der Waals surface area contributed by atoms with Crippen LogP contribution in [0.15, 0.2) is 24.3 Å². The Kier molecular flexibility index (Phi) is 3.98. The minimum atomic E-state index is -4.22. The molecule has 1 unspecified atom stereocenters. The summed E-state index contributed by atoms with van der Waals surface area (Å²) in [5, 5.41) is 0. The Hall–Kier alpha value is -0.990. The first kappa shape index (κ1) is 13.4. The Morgan fingerprint density at radius 1 is 1.17 bits per heavy atom. The normalized spacial score (nSPS) is 17.8. The minimum absolute atomic E-state index is 0.551. The summed E-state index contributed by atoms with van der Waals surface area (Å²) < 4.78 is 37.3. The fraction of sp³-hybridized carbons (Fsp3) is 0.600. The summed E-state index contributed by atoms with van der Waals surface area (Å²) in [7, 11) is 0. The highest BCUT2D eigenvalue weighted by Gasteiger charge is 2.32. The number of halogens is 3. The van der Waals surface area contributed by atoms with Gasteiger partial charge in [0.15, 0.2) is 0 Å². The first-order chi connectivity index (χ1) is 8.50. The summed E-state index contributed by atoms with van der Waals surface area (Å²) in [4.78, 5) is 0. The molecule has 1 fully saturated rings. The molecule has 0 bridgehead atoms. The van der Waals surface area contributed by atoms with Crippen molar-refractivity contribution in [3.05, 3.63) is 35.4 Å². The summed E-state index contributed by atoms with van der Waals surface area (Å²) in [5.41, 5.74) is 0.484. The Bertz CT molecular complexity index is 374. The lowest BCUT2D eigenvalue weighted by atomic mass is 9.90. The van der Waals surface area contributed by atoms with Crippen LogP contribution >= 0.6 is 0 Å². The van der Waals surface area contributed by atoms with Gasteiger partial charge in [0, 0.05) is 0 Å². The summed E-state index contributed by atoms with van der Waals surface area (Å²) in [5.74, 6) is 1.47. The summed E-state index contributed by atoms with van der Waals surface area (Å²) >= 11 is 0. The average molecular weight is 256 g/mol. The van der Waals surface area contributed by atoms with Gasteiger partial charge >= 0.3 is 6.18 Å². The zero-order valence-corrected chi connectivity index (χ0v) is 10.6. The maximum Gasteiger partial charge on any atom is 0.416 e. The smallest absolute Gasteiger partial charge is 0.166 e. The second-order valence-corrected chi connectivity index (χ2v) is 5.28. The van der Waals surface area contributed by atoms with Gasteiger partial charge in [-0.1, -0.05) is 31.9 Å². The van der Waals surface area contributed by atoms with Crippen LogP contribution in [0.1, 0.15) is 43.7 Å². The first-order valence-corrected chi connectivity index (χ1v) is 6.67. The molecular weight excluding hydrogens is 237 g/mol. The molecule has 1 saturated carbocycles. The summed E-state index contributed by atoms with van der Waals surface area (Å²) in [6, 6.07) is 5.66. The monoisotopic (exact) mass is 256 g/mol. The molecule has 0 saturated heterocycles. The van der Waals surface area contributed by atoms with E-state index in [1.807, 2.05) is 0 Å². The Morgan fingerprint density at radius 3 is 2.22 bits per heavy atom. The van der Waals surface area contributed by atoms with Crippen molar-refractivity contribution < 1.29 is 13.2 Å². The van der Waals surface area contributed by atoms with E-state index in [0.717, 1.165) is 24.3 Å². The zero-order chi connectivity index (χ0) is 13.2. The van der Waals surface area contributed by atoms with E-state index < -0.39 is 11.7 Å². The molecule has 2 rings (SSSR count). The molecule has 1 aliphatic carbocycles. The van der Waals surface area contributed by atoms with Crippen LogP contribution in [0.3, 0.4) is 0 Å². The van der Waals surface area contributed by atoms with Gasteiger partial charge in [-0.2, -0.15) is 13.2 Å². The van der Waals surface area contributed by atoms with Gasteiger partial charge in [0.25, 0.3) is 0 Å². The van der Waals surface area contributed by atoms with Gasteiger partial charge in [-0.15, -0.1) is 0 Å². The zero-order valence-electron chi connectivity index (χ0n) is 10.6. The van der Waals surface area contributed by atoms with Crippen LogP contribution in [0.25, 0.3) is 0 Å². The predicted molar refractivity (Wildman–Crippen MR) is 66.3 cm³/mol. The van der Waals surface area contributed by atoms with Crippen LogP contribution in [0, 0.1) is 11.8 Å². The standard InChI is InChI=1S/C15H19F3/c1-2-3-13(12-6-7-12)10-11-4-8-14(9-5-11)15(16,17)18/h4-5,8-9,12-13H,2-3,6-7,10H2,1H3. The molecule has 0 radical (unpaired) electrons. The summed E-state index contributed by atoms with van der Waals surface area (Å²) in [6.45, 7) is 2.17. The van der Waals surface area contributed by atoms with Crippen LogP contribution in [0.4, 0.5) is 13.2 Å². The van der Waals surface area contributed by atoms with Crippen LogP contribution in [0.2, 0.25) is 0 Å². The Balaban J connectivity index is 2.00. The minimum Gasteiger partial charge on any atom is -0.166 e. The molecule has 18 heavy (non-hydrogen) atoms. The Morgan fingerprint density at radius 2 is 1.78 bits per heavy atom. The first-order valence-electron chi connectivity index (χ1n) is 6.67. The van der Waals surface area contributed by atoms with Crippen molar-refractivity contribution in [1.82, 2.24) is 0 Å². The predicted octanol–water partition coefficient (Wildman–Crippen LogP) is 5.07. The quantitative estimate of drug-likeness (QED) is 0.689. The number of alkyl halides is 3. The number of hydrogen-bond donors (Lipinski definition) is 0. The molecule has 0 amide bonds. The van der Waals surface area contributed by atoms with E-state index in [1.165, 1.54) is 31.4 Å². The molecule has 0 aliphatic heterocycles. The lowest BCUT2D eigenvalue weighted by Crippen LogP contribution is -2.08. The highest BCUT2D eigenvalue weighted by Crippen LogP contribution is 2.41. The molecule has 0 N–H and O–H groups in total. The van der Waals surface area contributed by atoms with Crippen molar-refractivity contribution in [2.24, 2.45) is 11.8 Å². The molecule has 3 heteroatoms. The maximum atomic E-state index is 12.4. The van der Waals surface area contributed by atoms with Crippen LogP contribution in [-0.2, 0) is 12.6 Å². The molecular formula is C15H19F3. The van der Waals surface area contributed by atoms with E-state index in [4.69, 9.17) is 0 Å². The number of benzene rings is 1. The van der Waals surface area contributed by atoms with Crippen molar-refractivity contribution in [1.29, 1.82) is 0 Å². The van der Waals surface area contributed by atoms with Gasteiger partial charge < -0.3 is 0 Å². The second kappa shape index (κ2) is 5.33. The SMILES string of the molecule is CCCC(Cc1ccc(C(F)(F)F)cc1)C1CC1. The largest absolute Gasteiger partial charge is 0.416 e. The van der Waals surface area contributed by atoms with E-state index in [1.54, 1.807) is 12.1 Å². The van der Waals surface area contributed by atoms with Gasteiger partial charge in [-0.25, -0.2) is 0 Å². The Labute approximate surface area is 106 Å². The highest BCUT2D eigenvalue weighted by atomic mass is 19.4.